The summed E-state index contributed by atoms with van der Waals surface area (Å²) in [6, 6.07) is 2.91. The molecule has 1 aliphatic heterocycles. The van der Waals surface area contributed by atoms with Crippen LogP contribution in [0.25, 0.3) is 0 Å². The van der Waals surface area contributed by atoms with E-state index in [2.05, 4.69) is 25.2 Å². The predicted octanol–water partition coefficient (Wildman–Crippen LogP) is 4.34. The second kappa shape index (κ2) is 7.18. The number of nitrogens with zero attached hydrogens (tertiary/aromatic N) is 1. The first-order valence-electron chi connectivity index (χ1n) is 8.89. The second-order valence-electron chi connectivity index (χ2n) is 8.00. The van der Waals surface area contributed by atoms with Gasteiger partial charge < -0.3 is 19.4 Å². The molecule has 1 aliphatic rings. The number of hydrogen-bond acceptors (Lipinski definition) is 4. The Morgan fingerprint density at radius 1 is 1.42 bits per heavy atom. The minimum absolute atomic E-state index is 0.172. The molecular weight excluding hydrogens is 304 g/mol. The molecule has 0 radical (unpaired) electrons. The number of carbonyl (C=O) groups excluding carboxylic acids is 1. The Hall–Kier alpha value is -1.49. The fourth-order valence-corrected chi connectivity index (χ4v) is 3.44. The van der Waals surface area contributed by atoms with E-state index in [1.165, 1.54) is 5.56 Å². The zero-order chi connectivity index (χ0) is 18.1. The fourth-order valence-electron chi connectivity index (χ4n) is 3.44. The van der Waals surface area contributed by atoms with E-state index < -0.39 is 5.60 Å². The Balaban J connectivity index is 1.91. The fraction of sp³-hybridized carbons (Fsp3) is 0.737. The van der Waals surface area contributed by atoms with Gasteiger partial charge in [-0.25, -0.2) is 4.79 Å². The van der Waals surface area contributed by atoms with E-state index >= 15 is 0 Å². The Kier molecular flexibility index (Phi) is 5.63. The number of furan rings is 1. The number of rotatable bonds is 3. The minimum atomic E-state index is -0.447. The number of carbonyl (C=O) groups is 1. The van der Waals surface area contributed by atoms with Gasteiger partial charge in [-0.15, -0.1) is 0 Å². The van der Waals surface area contributed by atoms with Crippen molar-refractivity contribution >= 4 is 6.09 Å². The molecule has 3 atom stereocenters. The van der Waals surface area contributed by atoms with Crippen molar-refractivity contribution in [1.82, 2.24) is 10.2 Å². The Morgan fingerprint density at radius 2 is 2.08 bits per heavy atom. The molecule has 136 valence electrons. The van der Waals surface area contributed by atoms with Crippen LogP contribution in [-0.4, -0.2) is 35.2 Å². The van der Waals surface area contributed by atoms with Crippen molar-refractivity contribution < 1.29 is 13.9 Å². The van der Waals surface area contributed by atoms with Gasteiger partial charge in [0.05, 0.1) is 0 Å². The quantitative estimate of drug-likeness (QED) is 0.892. The van der Waals surface area contributed by atoms with Gasteiger partial charge in [0, 0.05) is 30.2 Å². The van der Waals surface area contributed by atoms with E-state index in [0.29, 0.717) is 6.04 Å². The lowest BCUT2D eigenvalue weighted by atomic mass is 9.97. The van der Waals surface area contributed by atoms with E-state index in [0.717, 1.165) is 30.9 Å². The monoisotopic (exact) mass is 336 g/mol. The van der Waals surface area contributed by atoms with Gasteiger partial charge in [-0.1, -0.05) is 0 Å². The van der Waals surface area contributed by atoms with Gasteiger partial charge in [0.25, 0.3) is 0 Å². The van der Waals surface area contributed by atoms with E-state index in [9.17, 15) is 4.79 Å². The Morgan fingerprint density at radius 3 is 2.58 bits per heavy atom. The summed E-state index contributed by atoms with van der Waals surface area (Å²) in [5, 5.41) is 3.69. The van der Waals surface area contributed by atoms with Gasteiger partial charge in [-0.2, -0.15) is 0 Å². The van der Waals surface area contributed by atoms with Crippen molar-refractivity contribution in [3.05, 3.63) is 23.2 Å². The first-order valence-corrected chi connectivity index (χ1v) is 8.89. The lowest BCUT2D eigenvalue weighted by Crippen LogP contribution is -2.51. The molecule has 1 fully saturated rings. The average molecular weight is 336 g/mol. The van der Waals surface area contributed by atoms with Gasteiger partial charge in [-0.3, -0.25) is 0 Å². The molecule has 1 aromatic rings. The molecule has 0 saturated carbocycles. The standard InChI is InChI=1S/C19H32N2O3/c1-12-10-16(8-9-21(12)18(22)24-19(5,6)7)20-14(3)17-11-13(2)23-15(17)4/h11-12,14,16,20H,8-10H2,1-7H3. The maximum atomic E-state index is 12.3. The van der Waals surface area contributed by atoms with Crippen LogP contribution in [0.3, 0.4) is 0 Å². The number of piperidine rings is 1. The number of hydrogen-bond donors (Lipinski definition) is 1. The SMILES string of the molecule is Cc1cc(C(C)NC2CCN(C(=O)OC(C)(C)C)C(C)C2)c(C)o1. The molecule has 5 heteroatoms. The van der Waals surface area contributed by atoms with E-state index in [4.69, 9.17) is 9.15 Å². The summed E-state index contributed by atoms with van der Waals surface area (Å²) in [5.74, 6) is 1.93. The molecule has 0 bridgehead atoms. The molecule has 2 heterocycles. The van der Waals surface area contributed by atoms with Crippen LogP contribution < -0.4 is 5.32 Å². The summed E-state index contributed by atoms with van der Waals surface area (Å²) in [4.78, 5) is 14.1. The summed E-state index contributed by atoms with van der Waals surface area (Å²) in [7, 11) is 0. The summed E-state index contributed by atoms with van der Waals surface area (Å²) in [6.45, 7) is 14.7. The normalized spacial score (nSPS) is 23.2. The van der Waals surface area contributed by atoms with Gasteiger partial charge >= 0.3 is 6.09 Å². The highest BCUT2D eigenvalue weighted by atomic mass is 16.6. The topological polar surface area (TPSA) is 54.7 Å². The predicted molar refractivity (Wildman–Crippen MR) is 95.2 cm³/mol. The highest BCUT2D eigenvalue weighted by molar-refractivity contribution is 5.68. The van der Waals surface area contributed by atoms with Crippen LogP contribution in [0.5, 0.6) is 0 Å². The molecule has 1 saturated heterocycles. The number of aryl methyl sites for hydroxylation is 2. The highest BCUT2D eigenvalue weighted by Gasteiger charge is 2.32. The summed E-state index contributed by atoms with van der Waals surface area (Å²) < 4.78 is 11.1. The van der Waals surface area contributed by atoms with Crippen LogP contribution in [0, 0.1) is 13.8 Å². The van der Waals surface area contributed by atoms with Crippen LogP contribution in [-0.2, 0) is 4.74 Å². The van der Waals surface area contributed by atoms with Crippen molar-refractivity contribution in [2.45, 2.75) is 85.0 Å². The molecule has 1 aromatic heterocycles. The van der Waals surface area contributed by atoms with E-state index in [-0.39, 0.29) is 18.2 Å². The van der Waals surface area contributed by atoms with Crippen LogP contribution in [0.4, 0.5) is 4.79 Å². The molecule has 0 spiro atoms. The van der Waals surface area contributed by atoms with E-state index in [1.807, 2.05) is 39.5 Å². The Bertz CT molecular complexity index is 574. The highest BCUT2D eigenvalue weighted by Crippen LogP contribution is 2.25. The maximum absolute atomic E-state index is 12.3. The molecule has 0 aliphatic carbocycles. The van der Waals surface area contributed by atoms with Crippen LogP contribution in [0.2, 0.25) is 0 Å². The molecule has 3 unspecified atom stereocenters. The molecule has 1 amide bonds. The molecule has 2 rings (SSSR count). The minimum Gasteiger partial charge on any atom is -0.466 e. The molecule has 0 aromatic carbocycles. The first-order chi connectivity index (χ1) is 11.1. The summed E-state index contributed by atoms with van der Waals surface area (Å²) in [6.07, 6.45) is 1.66. The largest absolute Gasteiger partial charge is 0.466 e. The number of ether oxygens (including phenoxy) is 1. The Labute approximate surface area is 145 Å². The van der Waals surface area contributed by atoms with Crippen molar-refractivity contribution in [1.29, 1.82) is 0 Å². The van der Waals surface area contributed by atoms with Crippen molar-refractivity contribution in [2.75, 3.05) is 6.54 Å². The maximum Gasteiger partial charge on any atom is 0.410 e. The molecule has 1 N–H and O–H groups in total. The molecule has 5 nitrogen and oxygen atoms in total. The molecular formula is C19H32N2O3. The molecule has 24 heavy (non-hydrogen) atoms. The van der Waals surface area contributed by atoms with E-state index in [1.54, 1.807) is 0 Å². The number of amides is 1. The number of nitrogens with one attached hydrogen (secondary N) is 1. The van der Waals surface area contributed by atoms with Crippen molar-refractivity contribution in [2.24, 2.45) is 0 Å². The third-order valence-electron chi connectivity index (χ3n) is 4.54. The van der Waals surface area contributed by atoms with Crippen molar-refractivity contribution in [3.8, 4) is 0 Å². The van der Waals surface area contributed by atoms with Crippen LogP contribution in [0.15, 0.2) is 10.5 Å². The first kappa shape index (κ1) is 18.8. The summed E-state index contributed by atoms with van der Waals surface area (Å²) in [5.41, 5.74) is 0.770. The van der Waals surface area contributed by atoms with Gasteiger partial charge in [0.2, 0.25) is 0 Å². The third kappa shape index (κ3) is 4.76. The number of likely N-dealkylation sites (tertiary alicyclic amines) is 1. The third-order valence-corrected chi connectivity index (χ3v) is 4.54. The smallest absolute Gasteiger partial charge is 0.410 e. The zero-order valence-corrected chi connectivity index (χ0v) is 16.1. The van der Waals surface area contributed by atoms with Gasteiger partial charge in [0.15, 0.2) is 0 Å². The van der Waals surface area contributed by atoms with Crippen molar-refractivity contribution in [3.63, 3.8) is 0 Å². The summed E-state index contributed by atoms with van der Waals surface area (Å²) >= 11 is 0. The lowest BCUT2D eigenvalue weighted by molar-refractivity contribution is 0.00905. The van der Waals surface area contributed by atoms with Gasteiger partial charge in [0.1, 0.15) is 17.1 Å². The zero-order valence-electron chi connectivity index (χ0n) is 16.1. The van der Waals surface area contributed by atoms with Crippen LogP contribution >= 0.6 is 0 Å². The van der Waals surface area contributed by atoms with Gasteiger partial charge in [-0.05, 0) is 67.4 Å². The van der Waals surface area contributed by atoms with Crippen LogP contribution in [0.1, 0.15) is 70.6 Å². The average Bonchev–Trinajstić information content (AvgIpc) is 2.75. The second-order valence-corrected chi connectivity index (χ2v) is 8.00. The lowest BCUT2D eigenvalue weighted by Gasteiger charge is -2.39.